The Balaban J connectivity index is 2.26. The zero-order valence-electron chi connectivity index (χ0n) is 13.5. The second-order valence-corrected chi connectivity index (χ2v) is 6.05. The predicted octanol–water partition coefficient (Wildman–Crippen LogP) is 1.39. The molecule has 2 heterocycles. The molecule has 0 radical (unpaired) electrons. The van der Waals surface area contributed by atoms with Crippen molar-refractivity contribution in [2.24, 2.45) is 15.7 Å². The molecule has 128 valence electrons. The molecule has 2 rings (SSSR count). The Labute approximate surface area is 140 Å². The number of nitrogens with two attached hydrogens (primary N) is 1. The van der Waals surface area contributed by atoms with Crippen LogP contribution in [0.1, 0.15) is 37.2 Å². The maximum atomic E-state index is 10.0. The molecule has 0 bridgehead atoms. The first-order valence-electron chi connectivity index (χ1n) is 7.46. The molecule has 4 atom stereocenters. The molecular formula is C14H23ClN6O2. The molecule has 23 heavy (non-hydrogen) atoms. The third-order valence-electron chi connectivity index (χ3n) is 3.52. The number of aliphatic hydroxyl groups excluding tert-OH is 1. The number of hydrogen-bond donors (Lipinski definition) is 2. The van der Waals surface area contributed by atoms with E-state index in [0.717, 1.165) is 6.42 Å². The number of ether oxygens (including phenoxy) is 1. The van der Waals surface area contributed by atoms with E-state index < -0.39 is 11.6 Å². The molecule has 9 heteroatoms. The number of aliphatic imine (C=N–C) groups is 2. The van der Waals surface area contributed by atoms with Crippen molar-refractivity contribution in [1.82, 2.24) is 14.5 Å². The van der Waals surface area contributed by atoms with Gasteiger partial charge < -0.3 is 20.5 Å². The van der Waals surface area contributed by atoms with Gasteiger partial charge in [0, 0.05) is 20.5 Å². The van der Waals surface area contributed by atoms with Gasteiger partial charge in [-0.3, -0.25) is 4.57 Å². The lowest BCUT2D eigenvalue weighted by Crippen LogP contribution is -2.19. The average molecular weight is 343 g/mol. The van der Waals surface area contributed by atoms with Crippen molar-refractivity contribution < 1.29 is 9.84 Å². The summed E-state index contributed by atoms with van der Waals surface area (Å²) in [4.78, 5) is 14.4. The molecule has 1 aliphatic heterocycles. The van der Waals surface area contributed by atoms with Gasteiger partial charge in [-0.25, -0.2) is 15.0 Å². The minimum absolute atomic E-state index is 0.195. The van der Waals surface area contributed by atoms with Gasteiger partial charge in [0.05, 0.1) is 24.9 Å². The minimum atomic E-state index is -0.783. The molecule has 0 amide bonds. The van der Waals surface area contributed by atoms with Crippen LogP contribution in [-0.4, -0.2) is 58.5 Å². The molecule has 1 aromatic rings. The van der Waals surface area contributed by atoms with Crippen LogP contribution in [0, 0.1) is 0 Å². The molecule has 8 nitrogen and oxygen atoms in total. The predicted molar refractivity (Wildman–Crippen MR) is 90.2 cm³/mol. The maximum Gasteiger partial charge on any atom is 0.162 e. The Morgan fingerprint density at radius 3 is 2.96 bits per heavy atom. The van der Waals surface area contributed by atoms with Crippen molar-refractivity contribution in [1.29, 1.82) is 0 Å². The molecule has 0 spiro atoms. The van der Waals surface area contributed by atoms with Crippen molar-refractivity contribution in [3.05, 3.63) is 12.0 Å². The van der Waals surface area contributed by atoms with Crippen molar-refractivity contribution >= 4 is 30.1 Å². The lowest BCUT2D eigenvalue weighted by molar-refractivity contribution is -0.0190. The fraction of sp³-hybridized carbons (Fsp3) is 0.643. The van der Waals surface area contributed by atoms with Crippen LogP contribution in [0.2, 0.25) is 0 Å². The van der Waals surface area contributed by atoms with Gasteiger partial charge in [0.1, 0.15) is 23.8 Å². The largest absolute Gasteiger partial charge is 0.390 e. The Morgan fingerprint density at radius 2 is 2.39 bits per heavy atom. The minimum Gasteiger partial charge on any atom is -0.390 e. The monoisotopic (exact) mass is 342 g/mol. The number of halogens is 1. The highest BCUT2D eigenvalue weighted by atomic mass is 35.5. The van der Waals surface area contributed by atoms with Gasteiger partial charge in [-0.05, 0) is 6.42 Å². The standard InChI is InChI=1S/C14H23ClN6O2/c1-4-10-9(22)5-11(23-10)21-8-19-12(13(15)16)14(21)18-6-17-7-20(2)3/h6-11,13,22H,4-5,16H2,1-3H3. The fourth-order valence-electron chi connectivity index (χ4n) is 2.41. The molecule has 1 aliphatic rings. The lowest BCUT2D eigenvalue weighted by Gasteiger charge is -2.15. The summed E-state index contributed by atoms with van der Waals surface area (Å²) in [7, 11) is 3.72. The van der Waals surface area contributed by atoms with Crippen LogP contribution in [0.3, 0.4) is 0 Å². The van der Waals surface area contributed by atoms with Crippen LogP contribution in [0.25, 0.3) is 0 Å². The molecule has 0 aromatic carbocycles. The summed E-state index contributed by atoms with van der Waals surface area (Å²) < 4.78 is 7.59. The lowest BCUT2D eigenvalue weighted by atomic mass is 10.1. The second-order valence-electron chi connectivity index (χ2n) is 5.58. The zero-order valence-corrected chi connectivity index (χ0v) is 14.3. The molecule has 0 saturated carbocycles. The zero-order chi connectivity index (χ0) is 17.0. The highest BCUT2D eigenvalue weighted by Gasteiger charge is 2.35. The number of nitrogens with zero attached hydrogens (tertiary/aromatic N) is 5. The maximum absolute atomic E-state index is 10.0. The van der Waals surface area contributed by atoms with E-state index in [2.05, 4.69) is 15.0 Å². The first-order valence-corrected chi connectivity index (χ1v) is 7.89. The van der Waals surface area contributed by atoms with Gasteiger partial charge in [-0.2, -0.15) is 0 Å². The van der Waals surface area contributed by atoms with E-state index in [1.54, 1.807) is 22.1 Å². The Hall–Kier alpha value is -1.48. The van der Waals surface area contributed by atoms with Crippen LogP contribution < -0.4 is 5.73 Å². The summed E-state index contributed by atoms with van der Waals surface area (Å²) in [6.45, 7) is 1.97. The van der Waals surface area contributed by atoms with Crippen molar-refractivity contribution in [3.8, 4) is 0 Å². The van der Waals surface area contributed by atoms with E-state index in [1.165, 1.54) is 6.34 Å². The molecule has 3 N–H and O–H groups in total. The molecular weight excluding hydrogens is 320 g/mol. The van der Waals surface area contributed by atoms with E-state index >= 15 is 0 Å². The fourth-order valence-corrected chi connectivity index (χ4v) is 2.57. The van der Waals surface area contributed by atoms with Gasteiger partial charge in [0.15, 0.2) is 5.82 Å². The number of rotatable bonds is 6. The van der Waals surface area contributed by atoms with Crippen molar-refractivity contribution in [2.45, 2.75) is 43.7 Å². The Morgan fingerprint density at radius 1 is 1.65 bits per heavy atom. The summed E-state index contributed by atoms with van der Waals surface area (Å²) in [6, 6.07) is 0. The number of alkyl halides is 1. The Bertz CT molecular complexity index is 572. The van der Waals surface area contributed by atoms with Gasteiger partial charge in [0.2, 0.25) is 0 Å². The number of hydrogen-bond acceptors (Lipinski definition) is 5. The summed E-state index contributed by atoms with van der Waals surface area (Å²) in [5.74, 6) is 0.484. The topological polar surface area (TPSA) is 101 Å². The molecule has 4 unspecified atom stereocenters. The van der Waals surface area contributed by atoms with Gasteiger partial charge in [-0.15, -0.1) is 0 Å². The third-order valence-corrected chi connectivity index (χ3v) is 3.72. The van der Waals surface area contributed by atoms with E-state index in [9.17, 15) is 5.11 Å². The van der Waals surface area contributed by atoms with E-state index in [-0.39, 0.29) is 12.3 Å². The summed E-state index contributed by atoms with van der Waals surface area (Å²) in [6.07, 6.45) is 4.75. The first-order chi connectivity index (χ1) is 10.9. The van der Waals surface area contributed by atoms with Crippen molar-refractivity contribution in [2.75, 3.05) is 14.1 Å². The van der Waals surface area contributed by atoms with Gasteiger partial charge in [0.25, 0.3) is 0 Å². The average Bonchev–Trinajstić information content (AvgIpc) is 3.06. The summed E-state index contributed by atoms with van der Waals surface area (Å²) in [5, 5.41) is 10.0. The number of aliphatic hydroxyl groups is 1. The van der Waals surface area contributed by atoms with Gasteiger partial charge >= 0.3 is 0 Å². The van der Waals surface area contributed by atoms with Crippen LogP contribution >= 0.6 is 11.6 Å². The third kappa shape index (κ3) is 4.29. The highest BCUT2D eigenvalue weighted by molar-refractivity contribution is 6.20. The quantitative estimate of drug-likeness (QED) is 0.352. The van der Waals surface area contributed by atoms with Crippen LogP contribution in [0.4, 0.5) is 5.82 Å². The van der Waals surface area contributed by atoms with E-state index in [4.69, 9.17) is 22.1 Å². The van der Waals surface area contributed by atoms with Crippen LogP contribution in [0.15, 0.2) is 16.3 Å². The summed E-state index contributed by atoms with van der Waals surface area (Å²) in [5.41, 5.74) is 5.40. The second kappa shape index (κ2) is 7.87. The van der Waals surface area contributed by atoms with Crippen molar-refractivity contribution in [3.63, 3.8) is 0 Å². The number of imidazole rings is 1. The van der Waals surface area contributed by atoms with Crippen LogP contribution in [-0.2, 0) is 4.74 Å². The summed E-state index contributed by atoms with van der Waals surface area (Å²) >= 11 is 5.97. The molecule has 1 aromatic heterocycles. The molecule has 1 fully saturated rings. The smallest absolute Gasteiger partial charge is 0.162 e. The highest BCUT2D eigenvalue weighted by Crippen LogP contribution is 2.36. The molecule has 0 aliphatic carbocycles. The van der Waals surface area contributed by atoms with Crippen LogP contribution in [0.5, 0.6) is 0 Å². The van der Waals surface area contributed by atoms with Gasteiger partial charge in [-0.1, -0.05) is 18.5 Å². The van der Waals surface area contributed by atoms with E-state index in [1.807, 2.05) is 21.0 Å². The SMILES string of the molecule is CCC1OC(n2cnc(C(N)Cl)c2N=CN=CN(C)C)CC1O. The first kappa shape index (κ1) is 17.9. The number of aromatic nitrogens is 2. The molecule has 1 saturated heterocycles. The Kier molecular flexibility index (Phi) is 6.11. The normalized spacial score (nSPS) is 26.4. The van der Waals surface area contributed by atoms with E-state index in [0.29, 0.717) is 17.9 Å².